The third kappa shape index (κ3) is 5.72. The second kappa shape index (κ2) is 8.84. The van der Waals surface area contributed by atoms with E-state index in [0.717, 1.165) is 15.8 Å². The summed E-state index contributed by atoms with van der Waals surface area (Å²) in [7, 11) is 0. The molecule has 0 saturated carbocycles. The Morgan fingerprint density at radius 2 is 1.94 bits per heavy atom. The largest absolute Gasteiger partial charge is 0.135 e. The van der Waals surface area contributed by atoms with Gasteiger partial charge in [-0.3, -0.25) is 0 Å². The smallest absolute Gasteiger partial charge is 0.0854 e. The van der Waals surface area contributed by atoms with Crippen LogP contribution in [0.1, 0.15) is 57.4 Å². The molecule has 0 amide bonds. The molecule has 0 aliphatic heterocycles. The van der Waals surface area contributed by atoms with Crippen molar-refractivity contribution in [3.05, 3.63) is 20.8 Å². The highest BCUT2D eigenvalue weighted by Gasteiger charge is 1.94. The molecule has 0 aliphatic rings. The SMILES string of the molecule is CCCCCCCCC#Cc1ccsc1Br. The van der Waals surface area contributed by atoms with Gasteiger partial charge in [0.2, 0.25) is 0 Å². The van der Waals surface area contributed by atoms with Crippen LogP contribution in [-0.2, 0) is 0 Å². The zero-order chi connectivity index (χ0) is 11.6. The Hall–Kier alpha value is -0.260. The summed E-state index contributed by atoms with van der Waals surface area (Å²) < 4.78 is 1.16. The highest BCUT2D eigenvalue weighted by molar-refractivity contribution is 9.11. The fourth-order valence-electron chi connectivity index (χ4n) is 1.53. The third-order valence-corrected chi connectivity index (χ3v) is 4.18. The molecule has 0 spiro atoms. The molecule has 0 saturated heterocycles. The van der Waals surface area contributed by atoms with Gasteiger partial charge in [0.05, 0.1) is 3.79 Å². The first-order valence-electron chi connectivity index (χ1n) is 6.06. The van der Waals surface area contributed by atoms with Gasteiger partial charge in [0, 0.05) is 12.0 Å². The molecule has 0 unspecified atom stereocenters. The summed E-state index contributed by atoms with van der Waals surface area (Å²) in [6.07, 6.45) is 9.09. The van der Waals surface area contributed by atoms with E-state index in [4.69, 9.17) is 0 Å². The van der Waals surface area contributed by atoms with Crippen molar-refractivity contribution in [3.8, 4) is 11.8 Å². The quantitative estimate of drug-likeness (QED) is 0.473. The number of hydrogen-bond donors (Lipinski definition) is 0. The summed E-state index contributed by atoms with van der Waals surface area (Å²) in [5, 5.41) is 2.07. The molecule has 0 radical (unpaired) electrons. The van der Waals surface area contributed by atoms with Gasteiger partial charge in [-0.15, -0.1) is 11.3 Å². The molecule has 16 heavy (non-hydrogen) atoms. The van der Waals surface area contributed by atoms with Crippen molar-refractivity contribution >= 4 is 27.3 Å². The average Bonchev–Trinajstić information content (AvgIpc) is 2.68. The van der Waals surface area contributed by atoms with Gasteiger partial charge in [-0.05, 0) is 33.8 Å². The number of unbranched alkanes of at least 4 members (excludes halogenated alkanes) is 6. The van der Waals surface area contributed by atoms with Gasteiger partial charge in [-0.2, -0.15) is 0 Å². The first-order valence-corrected chi connectivity index (χ1v) is 7.73. The monoisotopic (exact) mass is 298 g/mol. The lowest BCUT2D eigenvalue weighted by Crippen LogP contribution is -1.78. The van der Waals surface area contributed by atoms with E-state index in [0.29, 0.717) is 0 Å². The van der Waals surface area contributed by atoms with Crippen LogP contribution in [0.4, 0.5) is 0 Å². The van der Waals surface area contributed by atoms with Crippen LogP contribution in [0.2, 0.25) is 0 Å². The highest BCUT2D eigenvalue weighted by Crippen LogP contribution is 2.22. The summed E-state index contributed by atoms with van der Waals surface area (Å²) in [5.41, 5.74) is 1.14. The lowest BCUT2D eigenvalue weighted by Gasteiger charge is -1.96. The van der Waals surface area contributed by atoms with Crippen LogP contribution >= 0.6 is 27.3 Å². The predicted octanol–water partition coefficient (Wildman–Crippen LogP) is 5.61. The lowest BCUT2D eigenvalue weighted by molar-refractivity contribution is 0.614. The van der Waals surface area contributed by atoms with Crippen LogP contribution in [0.5, 0.6) is 0 Å². The molecule has 1 heterocycles. The van der Waals surface area contributed by atoms with E-state index in [1.54, 1.807) is 11.3 Å². The Labute approximate surface area is 112 Å². The van der Waals surface area contributed by atoms with E-state index in [2.05, 4.69) is 46.1 Å². The molecule has 2 heteroatoms. The molecule has 0 N–H and O–H groups in total. The van der Waals surface area contributed by atoms with Gasteiger partial charge in [0.1, 0.15) is 0 Å². The predicted molar refractivity (Wildman–Crippen MR) is 76.9 cm³/mol. The van der Waals surface area contributed by atoms with Crippen molar-refractivity contribution in [3.63, 3.8) is 0 Å². The van der Waals surface area contributed by atoms with Crippen molar-refractivity contribution in [1.29, 1.82) is 0 Å². The molecule has 0 aliphatic carbocycles. The van der Waals surface area contributed by atoms with Crippen molar-refractivity contribution in [2.75, 3.05) is 0 Å². The van der Waals surface area contributed by atoms with E-state index in [9.17, 15) is 0 Å². The van der Waals surface area contributed by atoms with E-state index in [-0.39, 0.29) is 0 Å². The standard InChI is InChI=1S/C14H19BrS/c1-2-3-4-5-6-7-8-9-10-13-11-12-16-14(13)15/h11-12H,2-8H2,1H3. The molecule has 0 aromatic carbocycles. The van der Waals surface area contributed by atoms with Gasteiger partial charge in [0.25, 0.3) is 0 Å². The molecule has 0 nitrogen and oxygen atoms in total. The van der Waals surface area contributed by atoms with Gasteiger partial charge in [-0.1, -0.05) is 50.9 Å². The molecule has 1 aromatic rings. The normalized spacial score (nSPS) is 9.88. The second-order valence-electron chi connectivity index (χ2n) is 3.93. The minimum atomic E-state index is 1.04. The Bertz CT molecular complexity index is 343. The molecule has 1 aromatic heterocycles. The van der Waals surface area contributed by atoms with E-state index < -0.39 is 0 Å². The first-order chi connectivity index (χ1) is 7.84. The van der Waals surface area contributed by atoms with Crippen molar-refractivity contribution in [1.82, 2.24) is 0 Å². The fraction of sp³-hybridized carbons (Fsp3) is 0.571. The Balaban J connectivity index is 2.07. The topological polar surface area (TPSA) is 0 Å². The van der Waals surface area contributed by atoms with Crippen molar-refractivity contribution in [2.45, 2.75) is 51.9 Å². The minimum Gasteiger partial charge on any atom is -0.135 e. The van der Waals surface area contributed by atoms with Gasteiger partial charge in [-0.25, -0.2) is 0 Å². The maximum absolute atomic E-state index is 3.49. The molecular weight excluding hydrogens is 280 g/mol. The Kier molecular flexibility index (Phi) is 7.63. The van der Waals surface area contributed by atoms with Crippen LogP contribution in [0, 0.1) is 11.8 Å². The third-order valence-electron chi connectivity index (χ3n) is 2.50. The Morgan fingerprint density at radius 1 is 1.19 bits per heavy atom. The Morgan fingerprint density at radius 3 is 2.62 bits per heavy atom. The summed E-state index contributed by atoms with van der Waals surface area (Å²) in [6.45, 7) is 2.25. The van der Waals surface area contributed by atoms with Gasteiger partial charge < -0.3 is 0 Å². The second-order valence-corrected chi connectivity index (χ2v) is 6.16. The van der Waals surface area contributed by atoms with E-state index in [1.807, 2.05) is 0 Å². The minimum absolute atomic E-state index is 1.04. The fourth-order valence-corrected chi connectivity index (χ4v) is 2.66. The van der Waals surface area contributed by atoms with Crippen LogP contribution in [0.3, 0.4) is 0 Å². The number of hydrogen-bond acceptors (Lipinski definition) is 1. The van der Waals surface area contributed by atoms with Crippen LogP contribution in [0.25, 0.3) is 0 Å². The van der Waals surface area contributed by atoms with Crippen LogP contribution < -0.4 is 0 Å². The maximum atomic E-state index is 3.49. The van der Waals surface area contributed by atoms with E-state index >= 15 is 0 Å². The zero-order valence-corrected chi connectivity index (χ0v) is 12.3. The van der Waals surface area contributed by atoms with Crippen molar-refractivity contribution in [2.24, 2.45) is 0 Å². The summed E-state index contributed by atoms with van der Waals surface area (Å²) in [5.74, 6) is 6.45. The molecule has 0 bridgehead atoms. The number of thiophene rings is 1. The summed E-state index contributed by atoms with van der Waals surface area (Å²) in [6, 6.07) is 2.07. The van der Waals surface area contributed by atoms with Crippen LogP contribution in [0.15, 0.2) is 15.2 Å². The van der Waals surface area contributed by atoms with Gasteiger partial charge >= 0.3 is 0 Å². The first kappa shape index (κ1) is 13.8. The molecule has 1 rings (SSSR count). The average molecular weight is 299 g/mol. The zero-order valence-electron chi connectivity index (χ0n) is 9.89. The molecule has 0 atom stereocenters. The summed E-state index contributed by atoms with van der Waals surface area (Å²) >= 11 is 5.19. The maximum Gasteiger partial charge on any atom is 0.0854 e. The lowest BCUT2D eigenvalue weighted by atomic mass is 10.1. The number of halogens is 1. The number of rotatable bonds is 6. The molecule has 0 fully saturated rings. The molecular formula is C14H19BrS. The van der Waals surface area contributed by atoms with Crippen LogP contribution in [-0.4, -0.2) is 0 Å². The molecule has 88 valence electrons. The highest BCUT2D eigenvalue weighted by atomic mass is 79.9. The van der Waals surface area contributed by atoms with Gasteiger partial charge in [0.15, 0.2) is 0 Å². The summed E-state index contributed by atoms with van der Waals surface area (Å²) in [4.78, 5) is 0. The van der Waals surface area contributed by atoms with E-state index in [1.165, 1.54) is 38.5 Å². The van der Waals surface area contributed by atoms with Crippen molar-refractivity contribution < 1.29 is 0 Å².